The summed E-state index contributed by atoms with van der Waals surface area (Å²) < 4.78 is 0.830. The monoisotopic (exact) mass is 283 g/mol. The third-order valence-corrected chi connectivity index (χ3v) is 3.83. The summed E-state index contributed by atoms with van der Waals surface area (Å²) in [4.78, 5) is 10.9. The lowest BCUT2D eigenvalue weighted by molar-refractivity contribution is 0.0697. The summed E-state index contributed by atoms with van der Waals surface area (Å²) in [5.41, 5.74) is 7.87. The van der Waals surface area contributed by atoms with Crippen molar-refractivity contribution in [1.29, 1.82) is 0 Å². The van der Waals surface area contributed by atoms with Crippen molar-refractivity contribution >= 4 is 27.6 Å². The van der Waals surface area contributed by atoms with Crippen LogP contribution >= 0.6 is 15.9 Å². The first-order valence-electron chi connectivity index (χ1n) is 5.42. The SMILES string of the molecule is Nc1cc(C(=O)O)cc(Br)c1C1CCCC1. The average molecular weight is 284 g/mol. The Balaban J connectivity index is 2.42. The van der Waals surface area contributed by atoms with Crippen LogP contribution in [0.15, 0.2) is 16.6 Å². The van der Waals surface area contributed by atoms with Crippen LogP contribution in [-0.4, -0.2) is 11.1 Å². The minimum atomic E-state index is -0.939. The Bertz CT molecular complexity index is 402. The van der Waals surface area contributed by atoms with Gasteiger partial charge < -0.3 is 10.8 Å². The molecule has 16 heavy (non-hydrogen) atoms. The third-order valence-electron chi connectivity index (χ3n) is 3.17. The molecule has 4 heteroatoms. The van der Waals surface area contributed by atoms with Gasteiger partial charge in [0.15, 0.2) is 0 Å². The number of carbonyl (C=O) groups is 1. The molecule has 2 rings (SSSR count). The first-order chi connectivity index (χ1) is 7.59. The minimum absolute atomic E-state index is 0.242. The fourth-order valence-corrected chi connectivity index (χ4v) is 3.21. The minimum Gasteiger partial charge on any atom is -0.478 e. The van der Waals surface area contributed by atoms with Crippen LogP contribution in [0, 0.1) is 0 Å². The molecule has 0 amide bonds. The normalized spacial score (nSPS) is 16.6. The number of aromatic carboxylic acids is 1. The zero-order valence-electron chi connectivity index (χ0n) is 8.87. The molecule has 1 aromatic rings. The van der Waals surface area contributed by atoms with Gasteiger partial charge in [0.25, 0.3) is 0 Å². The van der Waals surface area contributed by atoms with Gasteiger partial charge in [-0.3, -0.25) is 0 Å². The highest BCUT2D eigenvalue weighted by Crippen LogP contribution is 2.41. The van der Waals surface area contributed by atoms with Gasteiger partial charge in [-0.25, -0.2) is 4.79 Å². The molecule has 1 aliphatic rings. The molecule has 0 unspecified atom stereocenters. The Hall–Kier alpha value is -1.03. The molecule has 1 aliphatic carbocycles. The molecule has 1 fully saturated rings. The van der Waals surface area contributed by atoms with Crippen LogP contribution in [0.2, 0.25) is 0 Å². The van der Waals surface area contributed by atoms with E-state index in [1.165, 1.54) is 12.8 Å². The van der Waals surface area contributed by atoms with Crippen LogP contribution in [0.3, 0.4) is 0 Å². The fraction of sp³-hybridized carbons (Fsp3) is 0.417. The highest BCUT2D eigenvalue weighted by molar-refractivity contribution is 9.10. The summed E-state index contributed by atoms with van der Waals surface area (Å²) in [5.74, 6) is -0.456. The summed E-state index contributed by atoms with van der Waals surface area (Å²) in [7, 11) is 0. The maximum Gasteiger partial charge on any atom is 0.335 e. The quantitative estimate of drug-likeness (QED) is 0.818. The molecule has 0 radical (unpaired) electrons. The summed E-state index contributed by atoms with van der Waals surface area (Å²) in [5, 5.41) is 8.91. The number of anilines is 1. The van der Waals surface area contributed by atoms with Gasteiger partial charge in [-0.1, -0.05) is 28.8 Å². The number of rotatable bonds is 2. The van der Waals surface area contributed by atoms with E-state index in [2.05, 4.69) is 15.9 Å². The lowest BCUT2D eigenvalue weighted by atomic mass is 9.95. The maximum atomic E-state index is 10.9. The van der Waals surface area contributed by atoms with E-state index in [1.807, 2.05) is 0 Å². The molecule has 0 atom stereocenters. The van der Waals surface area contributed by atoms with E-state index in [1.54, 1.807) is 12.1 Å². The zero-order valence-corrected chi connectivity index (χ0v) is 10.5. The lowest BCUT2D eigenvalue weighted by Crippen LogP contribution is -2.04. The van der Waals surface area contributed by atoms with Gasteiger partial charge in [-0.05, 0) is 36.5 Å². The highest BCUT2D eigenvalue weighted by atomic mass is 79.9. The largest absolute Gasteiger partial charge is 0.478 e. The number of hydrogen-bond donors (Lipinski definition) is 2. The van der Waals surface area contributed by atoms with E-state index in [0.29, 0.717) is 11.6 Å². The molecular formula is C12H14BrNO2. The number of nitrogens with two attached hydrogens (primary N) is 1. The van der Waals surface area contributed by atoms with Gasteiger partial charge in [-0.15, -0.1) is 0 Å². The van der Waals surface area contributed by atoms with Gasteiger partial charge in [-0.2, -0.15) is 0 Å². The van der Waals surface area contributed by atoms with E-state index in [4.69, 9.17) is 10.8 Å². The second-order valence-corrected chi connectivity index (χ2v) is 5.10. The number of benzene rings is 1. The summed E-state index contributed by atoms with van der Waals surface area (Å²) in [6.07, 6.45) is 4.76. The van der Waals surface area contributed by atoms with Crippen molar-refractivity contribution in [2.75, 3.05) is 5.73 Å². The Labute approximate surface area is 103 Å². The molecule has 0 heterocycles. The molecule has 1 saturated carbocycles. The van der Waals surface area contributed by atoms with Gasteiger partial charge in [0.2, 0.25) is 0 Å². The van der Waals surface area contributed by atoms with E-state index in [-0.39, 0.29) is 5.56 Å². The van der Waals surface area contributed by atoms with Crippen molar-refractivity contribution in [2.24, 2.45) is 0 Å². The number of nitrogen functional groups attached to an aromatic ring is 1. The number of carboxylic acids is 1. The second kappa shape index (κ2) is 4.45. The molecule has 3 nitrogen and oxygen atoms in total. The van der Waals surface area contributed by atoms with Gasteiger partial charge in [0, 0.05) is 10.2 Å². The van der Waals surface area contributed by atoms with Crippen molar-refractivity contribution in [3.8, 4) is 0 Å². The second-order valence-electron chi connectivity index (χ2n) is 4.25. The Kier molecular flexibility index (Phi) is 3.19. The average Bonchev–Trinajstić information content (AvgIpc) is 2.69. The first-order valence-corrected chi connectivity index (χ1v) is 6.21. The molecule has 0 saturated heterocycles. The predicted molar refractivity (Wildman–Crippen MR) is 66.7 cm³/mol. The maximum absolute atomic E-state index is 10.9. The molecular weight excluding hydrogens is 270 g/mol. The summed E-state index contributed by atoms with van der Waals surface area (Å²) >= 11 is 3.43. The van der Waals surface area contributed by atoms with Crippen LogP contribution in [-0.2, 0) is 0 Å². The van der Waals surface area contributed by atoms with E-state index < -0.39 is 5.97 Å². The zero-order chi connectivity index (χ0) is 11.7. The van der Waals surface area contributed by atoms with Crippen molar-refractivity contribution in [2.45, 2.75) is 31.6 Å². The van der Waals surface area contributed by atoms with Crippen LogP contribution in [0.4, 0.5) is 5.69 Å². The van der Waals surface area contributed by atoms with Crippen LogP contribution in [0.5, 0.6) is 0 Å². The molecule has 0 aromatic heterocycles. The number of hydrogen-bond acceptors (Lipinski definition) is 2. The first kappa shape index (κ1) is 11.5. The molecule has 3 N–H and O–H groups in total. The van der Waals surface area contributed by atoms with E-state index in [0.717, 1.165) is 22.9 Å². The van der Waals surface area contributed by atoms with Crippen LogP contribution < -0.4 is 5.73 Å². The number of carboxylic acid groups (broad SMARTS) is 1. The van der Waals surface area contributed by atoms with Crippen molar-refractivity contribution < 1.29 is 9.90 Å². The molecule has 86 valence electrons. The topological polar surface area (TPSA) is 63.3 Å². The van der Waals surface area contributed by atoms with Crippen molar-refractivity contribution in [3.05, 3.63) is 27.7 Å². The predicted octanol–water partition coefficient (Wildman–Crippen LogP) is 3.39. The molecule has 0 aliphatic heterocycles. The summed E-state index contributed by atoms with van der Waals surface area (Å²) in [6, 6.07) is 3.20. The lowest BCUT2D eigenvalue weighted by Gasteiger charge is -2.15. The molecule has 0 spiro atoms. The molecule has 0 bridgehead atoms. The summed E-state index contributed by atoms with van der Waals surface area (Å²) in [6.45, 7) is 0. The smallest absolute Gasteiger partial charge is 0.335 e. The third kappa shape index (κ3) is 2.07. The van der Waals surface area contributed by atoms with Crippen molar-refractivity contribution in [3.63, 3.8) is 0 Å². The fourth-order valence-electron chi connectivity index (χ4n) is 2.41. The number of halogens is 1. The van der Waals surface area contributed by atoms with E-state index >= 15 is 0 Å². The molecule has 1 aromatic carbocycles. The van der Waals surface area contributed by atoms with Crippen LogP contribution in [0.1, 0.15) is 47.5 Å². The standard InChI is InChI=1S/C12H14BrNO2/c13-9-5-8(12(15)16)6-10(14)11(9)7-3-1-2-4-7/h5-7H,1-4,14H2,(H,15,16). The highest BCUT2D eigenvalue weighted by Gasteiger charge is 2.22. The Morgan fingerprint density at radius 3 is 2.50 bits per heavy atom. The van der Waals surface area contributed by atoms with Crippen LogP contribution in [0.25, 0.3) is 0 Å². The van der Waals surface area contributed by atoms with Gasteiger partial charge in [0.1, 0.15) is 0 Å². The van der Waals surface area contributed by atoms with Gasteiger partial charge in [0.05, 0.1) is 5.56 Å². The van der Waals surface area contributed by atoms with E-state index in [9.17, 15) is 4.79 Å². The van der Waals surface area contributed by atoms with Gasteiger partial charge >= 0.3 is 5.97 Å². The van der Waals surface area contributed by atoms with Crippen molar-refractivity contribution in [1.82, 2.24) is 0 Å². The Morgan fingerprint density at radius 1 is 1.38 bits per heavy atom. The Morgan fingerprint density at radius 2 is 2.00 bits per heavy atom.